The van der Waals surface area contributed by atoms with E-state index in [4.69, 9.17) is 0 Å². The number of para-hydroxylation sites is 1. The van der Waals surface area contributed by atoms with Crippen LogP contribution >= 0.6 is 0 Å². The van der Waals surface area contributed by atoms with Gasteiger partial charge in [0.05, 0.1) is 0 Å². The number of carbonyl (C=O) groups excluding carboxylic acids is 1. The van der Waals surface area contributed by atoms with Crippen molar-refractivity contribution in [3.8, 4) is 0 Å². The zero-order valence-electron chi connectivity index (χ0n) is 13.7. The fourth-order valence-corrected chi connectivity index (χ4v) is 3.15. The number of carbonyl (C=O) groups is 1. The van der Waals surface area contributed by atoms with Crippen molar-refractivity contribution in [2.45, 2.75) is 45.1 Å². The van der Waals surface area contributed by atoms with Gasteiger partial charge < -0.3 is 15.3 Å². The van der Waals surface area contributed by atoms with Crippen LogP contribution in [0.4, 0.5) is 5.69 Å². The second kappa shape index (κ2) is 8.30. The third-order valence-corrected chi connectivity index (χ3v) is 4.81. The molecule has 0 aromatic heterocycles. The zero-order valence-corrected chi connectivity index (χ0v) is 13.7. The van der Waals surface area contributed by atoms with Crippen molar-refractivity contribution in [3.63, 3.8) is 0 Å². The van der Waals surface area contributed by atoms with Crippen LogP contribution in [0.15, 0.2) is 24.3 Å². The molecule has 4 nitrogen and oxygen atoms in total. The Labute approximate surface area is 133 Å². The Balaban J connectivity index is 1.73. The number of rotatable bonds is 6. The number of hydrogen-bond acceptors (Lipinski definition) is 3. The standard InChI is InChI=1S/C18H28N2O2/c1-14-5-3-4-6-17(14)19-18(22)11-12-20(2)16-9-7-15(13-21)8-10-16/h3-6,15-16,21H,7-13H2,1-2H3,(H,19,22). The first-order valence-corrected chi connectivity index (χ1v) is 8.26. The third kappa shape index (κ3) is 4.82. The van der Waals surface area contributed by atoms with E-state index in [1.165, 1.54) is 0 Å². The molecule has 0 aliphatic heterocycles. The maximum Gasteiger partial charge on any atom is 0.225 e. The Morgan fingerprint density at radius 1 is 1.27 bits per heavy atom. The molecule has 0 saturated heterocycles. The quantitative estimate of drug-likeness (QED) is 0.849. The summed E-state index contributed by atoms with van der Waals surface area (Å²) < 4.78 is 0. The van der Waals surface area contributed by atoms with Crippen molar-refractivity contribution in [2.75, 3.05) is 25.5 Å². The minimum atomic E-state index is 0.0743. The number of nitrogens with zero attached hydrogens (tertiary/aromatic N) is 1. The molecule has 1 aromatic rings. The molecule has 0 bridgehead atoms. The molecular weight excluding hydrogens is 276 g/mol. The summed E-state index contributed by atoms with van der Waals surface area (Å²) in [7, 11) is 2.10. The van der Waals surface area contributed by atoms with Crippen LogP contribution in [0.25, 0.3) is 0 Å². The summed E-state index contributed by atoms with van der Waals surface area (Å²) >= 11 is 0. The van der Waals surface area contributed by atoms with Crippen LogP contribution < -0.4 is 5.32 Å². The molecule has 0 heterocycles. The molecule has 122 valence electrons. The first-order valence-electron chi connectivity index (χ1n) is 8.26. The molecule has 1 aliphatic rings. The number of anilines is 1. The highest BCUT2D eigenvalue weighted by atomic mass is 16.3. The van der Waals surface area contributed by atoms with E-state index < -0.39 is 0 Å². The highest BCUT2D eigenvalue weighted by molar-refractivity contribution is 5.91. The Kier molecular flexibility index (Phi) is 6.40. The molecular formula is C18H28N2O2. The molecule has 2 N–H and O–H groups in total. The molecule has 2 rings (SSSR count). The first-order chi connectivity index (χ1) is 10.6. The molecule has 0 unspecified atom stereocenters. The van der Waals surface area contributed by atoms with Gasteiger partial charge in [-0.05, 0) is 57.2 Å². The van der Waals surface area contributed by atoms with E-state index in [9.17, 15) is 9.90 Å². The van der Waals surface area contributed by atoms with Gasteiger partial charge in [0.1, 0.15) is 0 Å². The van der Waals surface area contributed by atoms with E-state index in [0.29, 0.717) is 25.0 Å². The van der Waals surface area contributed by atoms with Crippen LogP contribution in [-0.4, -0.2) is 42.2 Å². The summed E-state index contributed by atoms with van der Waals surface area (Å²) in [6.07, 6.45) is 4.97. The van der Waals surface area contributed by atoms with Gasteiger partial charge in [0.15, 0.2) is 0 Å². The van der Waals surface area contributed by atoms with Gasteiger partial charge in [-0.3, -0.25) is 4.79 Å². The summed E-state index contributed by atoms with van der Waals surface area (Å²) in [4.78, 5) is 14.4. The van der Waals surface area contributed by atoms with E-state index in [2.05, 4.69) is 17.3 Å². The summed E-state index contributed by atoms with van der Waals surface area (Å²) in [5.41, 5.74) is 1.99. The summed E-state index contributed by atoms with van der Waals surface area (Å²) in [5.74, 6) is 0.555. The lowest BCUT2D eigenvalue weighted by atomic mass is 9.86. The lowest BCUT2D eigenvalue weighted by Crippen LogP contribution is -2.37. The van der Waals surface area contributed by atoms with Crippen molar-refractivity contribution in [1.82, 2.24) is 4.90 Å². The van der Waals surface area contributed by atoms with Crippen LogP contribution in [0.2, 0.25) is 0 Å². The van der Waals surface area contributed by atoms with Gasteiger partial charge in [-0.15, -0.1) is 0 Å². The summed E-state index contributed by atoms with van der Waals surface area (Å²) in [6, 6.07) is 8.40. The molecule has 4 heteroatoms. The predicted molar refractivity (Wildman–Crippen MR) is 89.9 cm³/mol. The molecule has 1 amide bonds. The summed E-state index contributed by atoms with van der Waals surface area (Å²) in [6.45, 7) is 3.10. The Bertz CT molecular complexity index is 482. The van der Waals surface area contributed by atoms with Crippen molar-refractivity contribution in [3.05, 3.63) is 29.8 Å². The maximum absolute atomic E-state index is 12.1. The molecule has 1 aliphatic carbocycles. The smallest absolute Gasteiger partial charge is 0.225 e. The number of benzene rings is 1. The average molecular weight is 304 g/mol. The molecule has 0 spiro atoms. The Morgan fingerprint density at radius 2 is 1.95 bits per heavy atom. The highest BCUT2D eigenvalue weighted by Gasteiger charge is 2.23. The lowest BCUT2D eigenvalue weighted by molar-refractivity contribution is -0.116. The SMILES string of the molecule is Cc1ccccc1NC(=O)CCN(C)C1CCC(CO)CC1. The van der Waals surface area contributed by atoms with Crippen LogP contribution in [0, 0.1) is 12.8 Å². The normalized spacial score (nSPS) is 21.8. The van der Waals surface area contributed by atoms with Gasteiger partial charge in [-0.2, -0.15) is 0 Å². The van der Waals surface area contributed by atoms with Gasteiger partial charge in [0.25, 0.3) is 0 Å². The zero-order chi connectivity index (χ0) is 15.9. The van der Waals surface area contributed by atoms with Crippen LogP contribution in [-0.2, 0) is 4.79 Å². The highest BCUT2D eigenvalue weighted by Crippen LogP contribution is 2.26. The largest absolute Gasteiger partial charge is 0.396 e. The van der Waals surface area contributed by atoms with E-state index in [1.807, 2.05) is 31.2 Å². The summed E-state index contributed by atoms with van der Waals surface area (Å²) in [5, 5.41) is 12.2. The minimum absolute atomic E-state index is 0.0743. The topological polar surface area (TPSA) is 52.6 Å². The van der Waals surface area contributed by atoms with Crippen molar-refractivity contribution in [2.24, 2.45) is 5.92 Å². The predicted octanol–water partition coefficient (Wildman–Crippen LogP) is 2.81. The lowest BCUT2D eigenvalue weighted by Gasteiger charge is -2.34. The fraction of sp³-hybridized carbons (Fsp3) is 0.611. The second-order valence-corrected chi connectivity index (χ2v) is 6.45. The number of hydrogen-bond donors (Lipinski definition) is 2. The molecule has 0 atom stereocenters. The number of aliphatic hydroxyl groups excluding tert-OH is 1. The minimum Gasteiger partial charge on any atom is -0.396 e. The van der Waals surface area contributed by atoms with Gasteiger partial charge >= 0.3 is 0 Å². The van der Waals surface area contributed by atoms with Gasteiger partial charge in [-0.25, -0.2) is 0 Å². The Hall–Kier alpha value is -1.39. The molecule has 22 heavy (non-hydrogen) atoms. The fourth-order valence-electron chi connectivity index (χ4n) is 3.15. The Morgan fingerprint density at radius 3 is 2.59 bits per heavy atom. The second-order valence-electron chi connectivity index (χ2n) is 6.45. The van der Waals surface area contributed by atoms with E-state index in [1.54, 1.807) is 0 Å². The van der Waals surface area contributed by atoms with Gasteiger partial charge in [0.2, 0.25) is 5.91 Å². The van der Waals surface area contributed by atoms with Crippen LogP contribution in [0.5, 0.6) is 0 Å². The number of nitrogens with one attached hydrogen (secondary N) is 1. The van der Waals surface area contributed by atoms with Crippen molar-refractivity contribution in [1.29, 1.82) is 0 Å². The van der Waals surface area contributed by atoms with E-state index in [-0.39, 0.29) is 5.91 Å². The third-order valence-electron chi connectivity index (χ3n) is 4.81. The number of aliphatic hydroxyl groups is 1. The number of aryl methyl sites for hydroxylation is 1. The first kappa shape index (κ1) is 17.0. The molecule has 1 fully saturated rings. The van der Waals surface area contributed by atoms with E-state index >= 15 is 0 Å². The maximum atomic E-state index is 12.1. The van der Waals surface area contributed by atoms with Gasteiger partial charge in [0, 0.05) is 31.3 Å². The molecule has 1 saturated carbocycles. The molecule has 0 radical (unpaired) electrons. The monoisotopic (exact) mass is 304 g/mol. The average Bonchev–Trinajstić information content (AvgIpc) is 2.55. The van der Waals surface area contributed by atoms with Crippen molar-refractivity contribution < 1.29 is 9.90 Å². The van der Waals surface area contributed by atoms with Gasteiger partial charge in [-0.1, -0.05) is 18.2 Å². The molecule has 1 aromatic carbocycles. The van der Waals surface area contributed by atoms with Crippen LogP contribution in [0.3, 0.4) is 0 Å². The van der Waals surface area contributed by atoms with Crippen LogP contribution in [0.1, 0.15) is 37.7 Å². The number of amides is 1. The van der Waals surface area contributed by atoms with Crippen molar-refractivity contribution >= 4 is 11.6 Å². The van der Waals surface area contributed by atoms with E-state index in [0.717, 1.165) is 43.5 Å².